The number of ether oxygens (including phenoxy) is 1. The van der Waals surface area contributed by atoms with Gasteiger partial charge in [0.15, 0.2) is 5.78 Å². The van der Waals surface area contributed by atoms with Crippen LogP contribution < -0.4 is 4.74 Å². The highest BCUT2D eigenvalue weighted by Gasteiger charge is 2.06. The van der Waals surface area contributed by atoms with Gasteiger partial charge in [0.25, 0.3) is 0 Å². The molecule has 19 heavy (non-hydrogen) atoms. The summed E-state index contributed by atoms with van der Waals surface area (Å²) in [6, 6.07) is 13.8. The van der Waals surface area contributed by atoms with Crippen LogP contribution in [0, 0.1) is 6.92 Å². The van der Waals surface area contributed by atoms with Gasteiger partial charge in [-0.15, -0.1) is 0 Å². The number of rotatable bonds is 3. The molecule has 0 radical (unpaired) electrons. The normalized spacial score (nSPS) is 9.63. The number of hydrogen-bond acceptors (Lipinski definition) is 2. The van der Waals surface area contributed by atoms with Gasteiger partial charge in [-0.05, 0) is 42.7 Å². The summed E-state index contributed by atoms with van der Waals surface area (Å²) in [6.45, 7) is 3.55. The molecule has 0 spiro atoms. The molecule has 2 heteroatoms. The van der Waals surface area contributed by atoms with Gasteiger partial charge < -0.3 is 4.74 Å². The van der Waals surface area contributed by atoms with E-state index in [2.05, 4.69) is 0 Å². The van der Waals surface area contributed by atoms with Crippen LogP contribution in [0.4, 0.5) is 0 Å². The fraction of sp³-hybridized carbons (Fsp3) is 0.235. The molecular weight excluding hydrogens is 236 g/mol. The van der Waals surface area contributed by atoms with Crippen molar-refractivity contribution in [3.63, 3.8) is 0 Å². The minimum absolute atomic E-state index is 0. The molecule has 0 heterocycles. The molecule has 0 fully saturated rings. The molecule has 0 aromatic heterocycles. The Hall–Kier alpha value is -2.09. The van der Waals surface area contributed by atoms with Gasteiger partial charge in [0.05, 0.1) is 7.11 Å². The number of benzene rings is 2. The minimum Gasteiger partial charge on any atom is -0.497 e. The van der Waals surface area contributed by atoms with E-state index < -0.39 is 0 Å². The zero-order chi connectivity index (χ0) is 13.1. The molecule has 2 rings (SSSR count). The molecule has 0 amide bonds. The van der Waals surface area contributed by atoms with Crippen molar-refractivity contribution in [1.82, 2.24) is 0 Å². The second-order valence-electron chi connectivity index (χ2n) is 4.32. The van der Waals surface area contributed by atoms with Gasteiger partial charge in [0, 0.05) is 5.56 Å². The van der Waals surface area contributed by atoms with Crippen LogP contribution in [0.15, 0.2) is 42.5 Å². The Morgan fingerprint density at radius 2 is 1.74 bits per heavy atom. The van der Waals surface area contributed by atoms with E-state index in [9.17, 15) is 4.79 Å². The molecule has 0 aliphatic heterocycles. The van der Waals surface area contributed by atoms with Crippen LogP contribution in [-0.2, 0) is 0 Å². The summed E-state index contributed by atoms with van der Waals surface area (Å²) in [7, 11) is 1.66. The largest absolute Gasteiger partial charge is 0.497 e. The first-order chi connectivity index (χ1) is 8.61. The van der Waals surface area contributed by atoms with E-state index in [1.807, 2.05) is 49.4 Å². The topological polar surface area (TPSA) is 26.3 Å². The Bertz CT molecular complexity index is 586. The van der Waals surface area contributed by atoms with Crippen LogP contribution in [0.5, 0.6) is 5.75 Å². The summed E-state index contributed by atoms with van der Waals surface area (Å²) < 4.78 is 5.21. The molecule has 0 unspecified atom stereocenters. The quantitative estimate of drug-likeness (QED) is 0.755. The van der Waals surface area contributed by atoms with Crippen molar-refractivity contribution in [2.75, 3.05) is 7.11 Å². The van der Waals surface area contributed by atoms with E-state index in [-0.39, 0.29) is 13.2 Å². The number of methoxy groups -OCH3 is 1. The van der Waals surface area contributed by atoms with Crippen molar-refractivity contribution >= 4 is 5.78 Å². The smallest absolute Gasteiger partial charge is 0.160 e. The molecule has 2 nitrogen and oxygen atoms in total. The minimum atomic E-state index is 0. The maximum Gasteiger partial charge on any atom is 0.160 e. The molecule has 0 saturated carbocycles. The molecule has 2 aromatic carbocycles. The van der Waals surface area contributed by atoms with Gasteiger partial charge in [0.1, 0.15) is 5.75 Å². The standard InChI is InChI=1S/C16H16O2.CH4/c1-11-9-14(7-8-16(11)12(2)17)13-5-4-6-15(10-13)18-3;/h4-10H,1-3H3;1H4. The number of aryl methyl sites for hydroxylation is 1. The molecule has 0 N–H and O–H groups in total. The van der Waals surface area contributed by atoms with Crippen molar-refractivity contribution in [1.29, 1.82) is 0 Å². The van der Waals surface area contributed by atoms with Crippen LogP contribution in [0.2, 0.25) is 0 Å². The Balaban J connectivity index is 0.00000180. The first-order valence-corrected chi connectivity index (χ1v) is 5.88. The van der Waals surface area contributed by atoms with Crippen molar-refractivity contribution in [2.45, 2.75) is 21.3 Å². The second-order valence-corrected chi connectivity index (χ2v) is 4.32. The Morgan fingerprint density at radius 1 is 1.05 bits per heavy atom. The van der Waals surface area contributed by atoms with E-state index in [0.717, 1.165) is 28.0 Å². The van der Waals surface area contributed by atoms with E-state index in [4.69, 9.17) is 4.74 Å². The summed E-state index contributed by atoms with van der Waals surface area (Å²) in [5.41, 5.74) is 3.97. The maximum atomic E-state index is 11.4. The third kappa shape index (κ3) is 3.22. The Labute approximate surface area is 115 Å². The fourth-order valence-corrected chi connectivity index (χ4v) is 2.04. The zero-order valence-corrected chi connectivity index (χ0v) is 10.9. The van der Waals surface area contributed by atoms with E-state index in [1.165, 1.54) is 0 Å². The predicted octanol–water partition coefficient (Wildman–Crippen LogP) is 4.51. The van der Waals surface area contributed by atoms with Gasteiger partial charge in [0.2, 0.25) is 0 Å². The van der Waals surface area contributed by atoms with Gasteiger partial charge in [-0.1, -0.05) is 37.8 Å². The Kier molecular flexibility index (Phi) is 4.87. The highest BCUT2D eigenvalue weighted by Crippen LogP contribution is 2.25. The van der Waals surface area contributed by atoms with Crippen LogP contribution in [0.3, 0.4) is 0 Å². The first-order valence-electron chi connectivity index (χ1n) is 5.88. The van der Waals surface area contributed by atoms with Crippen LogP contribution >= 0.6 is 0 Å². The van der Waals surface area contributed by atoms with Crippen molar-refractivity contribution < 1.29 is 9.53 Å². The van der Waals surface area contributed by atoms with E-state index in [1.54, 1.807) is 14.0 Å². The Morgan fingerprint density at radius 3 is 2.32 bits per heavy atom. The van der Waals surface area contributed by atoms with Gasteiger partial charge in [-0.25, -0.2) is 0 Å². The third-order valence-corrected chi connectivity index (χ3v) is 3.01. The van der Waals surface area contributed by atoms with Crippen molar-refractivity contribution in [3.05, 3.63) is 53.6 Å². The number of ketones is 1. The lowest BCUT2D eigenvalue weighted by molar-refractivity contribution is 0.101. The molecule has 2 aromatic rings. The number of hydrogen-bond donors (Lipinski definition) is 0. The molecule has 0 atom stereocenters. The lowest BCUT2D eigenvalue weighted by atomic mass is 9.98. The fourth-order valence-electron chi connectivity index (χ4n) is 2.04. The maximum absolute atomic E-state index is 11.4. The average molecular weight is 256 g/mol. The van der Waals surface area contributed by atoms with E-state index >= 15 is 0 Å². The molecule has 0 saturated heterocycles. The molecule has 100 valence electrons. The lowest BCUT2D eigenvalue weighted by Crippen LogP contribution is -1.96. The first kappa shape index (κ1) is 15.0. The van der Waals surface area contributed by atoms with Gasteiger partial charge >= 0.3 is 0 Å². The number of carbonyl (C=O) groups excluding carboxylic acids is 1. The average Bonchev–Trinajstić information content (AvgIpc) is 2.38. The summed E-state index contributed by atoms with van der Waals surface area (Å²) in [5.74, 6) is 0.936. The van der Waals surface area contributed by atoms with E-state index in [0.29, 0.717) is 0 Å². The number of Topliss-reactive ketones (excluding diaryl/α,β-unsaturated/α-hetero) is 1. The molecule has 0 bridgehead atoms. The van der Waals surface area contributed by atoms with Crippen molar-refractivity contribution in [2.24, 2.45) is 0 Å². The van der Waals surface area contributed by atoms with Crippen LogP contribution in [0.25, 0.3) is 11.1 Å². The highest BCUT2D eigenvalue weighted by atomic mass is 16.5. The molecule has 0 aliphatic carbocycles. The summed E-state index contributed by atoms with van der Waals surface area (Å²) >= 11 is 0. The van der Waals surface area contributed by atoms with Crippen LogP contribution in [0.1, 0.15) is 30.3 Å². The monoisotopic (exact) mass is 256 g/mol. The van der Waals surface area contributed by atoms with Gasteiger partial charge in [-0.3, -0.25) is 4.79 Å². The van der Waals surface area contributed by atoms with Crippen LogP contribution in [-0.4, -0.2) is 12.9 Å². The van der Waals surface area contributed by atoms with Crippen molar-refractivity contribution in [3.8, 4) is 16.9 Å². The zero-order valence-electron chi connectivity index (χ0n) is 10.9. The predicted molar refractivity (Wildman–Crippen MR) is 79.9 cm³/mol. The summed E-state index contributed by atoms with van der Waals surface area (Å²) in [5, 5.41) is 0. The summed E-state index contributed by atoms with van der Waals surface area (Å²) in [6.07, 6.45) is 0. The summed E-state index contributed by atoms with van der Waals surface area (Å²) in [4.78, 5) is 11.4. The molecular formula is C17H20O2. The molecule has 0 aliphatic rings. The highest BCUT2D eigenvalue weighted by molar-refractivity contribution is 5.96. The second kappa shape index (κ2) is 6.19. The number of carbonyl (C=O) groups is 1. The SMILES string of the molecule is C.COc1cccc(-c2ccc(C(C)=O)c(C)c2)c1. The van der Waals surface area contributed by atoms with Gasteiger partial charge in [-0.2, -0.15) is 0 Å². The lowest BCUT2D eigenvalue weighted by Gasteiger charge is -2.08. The third-order valence-electron chi connectivity index (χ3n) is 3.01.